The molecule has 33 heavy (non-hydrogen) atoms. The number of ether oxygens (including phenoxy) is 1. The summed E-state index contributed by atoms with van der Waals surface area (Å²) in [6.07, 6.45) is 3.57. The topological polar surface area (TPSA) is 86.7 Å². The average Bonchev–Trinajstić information content (AvgIpc) is 2.78. The van der Waals surface area contributed by atoms with Crippen molar-refractivity contribution in [3.63, 3.8) is 0 Å². The van der Waals surface area contributed by atoms with Gasteiger partial charge in [-0.1, -0.05) is 29.8 Å². The Kier molecular flexibility index (Phi) is 5.44. The van der Waals surface area contributed by atoms with E-state index in [2.05, 4.69) is 0 Å². The third-order valence-electron chi connectivity index (χ3n) is 6.35. The molecule has 3 aliphatic rings. The van der Waals surface area contributed by atoms with Crippen LogP contribution in [0.15, 0.2) is 76.1 Å². The predicted molar refractivity (Wildman–Crippen MR) is 121 cm³/mol. The van der Waals surface area contributed by atoms with Gasteiger partial charge in [0.2, 0.25) is 0 Å². The molecule has 0 atom stereocenters. The van der Waals surface area contributed by atoms with E-state index in [1.165, 1.54) is 12.1 Å². The Morgan fingerprint density at radius 3 is 2.06 bits per heavy atom. The summed E-state index contributed by atoms with van der Waals surface area (Å²) in [5.41, 5.74) is 2.64. The second kappa shape index (κ2) is 8.30. The van der Waals surface area contributed by atoms with Crippen LogP contribution in [0.5, 0.6) is 5.75 Å². The van der Waals surface area contributed by atoms with Gasteiger partial charge >= 0.3 is 10.1 Å². The Hall–Kier alpha value is -3.19. The minimum absolute atomic E-state index is 0.0234. The van der Waals surface area contributed by atoms with E-state index >= 15 is 0 Å². The average molecular weight is 465 g/mol. The maximum Gasteiger partial charge on any atom is 0.339 e. The third-order valence-corrected chi connectivity index (χ3v) is 7.61. The van der Waals surface area contributed by atoms with E-state index in [1.807, 2.05) is 6.92 Å². The zero-order chi connectivity index (χ0) is 23.2. The molecule has 0 fully saturated rings. The Morgan fingerprint density at radius 1 is 0.848 bits per heavy atom. The maximum atomic E-state index is 12.9. The summed E-state index contributed by atoms with van der Waals surface area (Å²) in [6, 6.07) is 13.1. The standard InChI is InChI=1S/C26H24O6S/c1-16-11-13-19(14-12-16)33(29,30)32-18-6-2-5-17(15-18)24-25-20(27)7-3-9-22(25)31-23-10-4-8-21(28)26(23)24/h2,5-6,11-15,24H,3-4,7-10H2,1H3. The number of hydrogen-bond acceptors (Lipinski definition) is 6. The van der Waals surface area contributed by atoms with Crippen molar-refractivity contribution in [1.82, 2.24) is 0 Å². The lowest BCUT2D eigenvalue weighted by molar-refractivity contribution is -0.117. The Morgan fingerprint density at radius 2 is 1.45 bits per heavy atom. The van der Waals surface area contributed by atoms with Crippen LogP contribution in [0, 0.1) is 6.92 Å². The van der Waals surface area contributed by atoms with E-state index in [0.717, 1.165) is 18.4 Å². The molecule has 170 valence electrons. The second-order valence-electron chi connectivity index (χ2n) is 8.69. The van der Waals surface area contributed by atoms with Crippen molar-refractivity contribution in [1.29, 1.82) is 0 Å². The minimum atomic E-state index is -4.03. The summed E-state index contributed by atoms with van der Waals surface area (Å²) in [7, 11) is -4.03. The molecule has 6 nitrogen and oxygen atoms in total. The van der Waals surface area contributed by atoms with Crippen LogP contribution in [0.25, 0.3) is 0 Å². The molecule has 0 bridgehead atoms. The monoisotopic (exact) mass is 464 g/mol. The zero-order valence-corrected chi connectivity index (χ0v) is 19.1. The van der Waals surface area contributed by atoms with Crippen molar-refractivity contribution in [2.45, 2.75) is 56.3 Å². The largest absolute Gasteiger partial charge is 0.465 e. The molecule has 1 heterocycles. The van der Waals surface area contributed by atoms with Crippen LogP contribution in [0.4, 0.5) is 0 Å². The van der Waals surface area contributed by atoms with Gasteiger partial charge in [-0.05, 0) is 49.6 Å². The molecule has 0 radical (unpaired) electrons. The van der Waals surface area contributed by atoms with E-state index in [9.17, 15) is 18.0 Å². The lowest BCUT2D eigenvalue weighted by Gasteiger charge is -2.36. The van der Waals surface area contributed by atoms with Crippen LogP contribution in [0.1, 0.15) is 55.6 Å². The molecular formula is C26H24O6S. The fraction of sp³-hybridized carbons (Fsp3) is 0.308. The smallest absolute Gasteiger partial charge is 0.339 e. The van der Waals surface area contributed by atoms with Crippen LogP contribution >= 0.6 is 0 Å². The molecule has 0 aromatic heterocycles. The van der Waals surface area contributed by atoms with Gasteiger partial charge in [0.1, 0.15) is 22.2 Å². The van der Waals surface area contributed by atoms with Crippen LogP contribution in [-0.4, -0.2) is 20.0 Å². The molecule has 1 aliphatic heterocycles. The lowest BCUT2D eigenvalue weighted by atomic mass is 9.73. The van der Waals surface area contributed by atoms with Gasteiger partial charge in [0, 0.05) is 42.7 Å². The molecule has 0 saturated carbocycles. The van der Waals surface area contributed by atoms with Gasteiger partial charge < -0.3 is 8.92 Å². The van der Waals surface area contributed by atoms with E-state index in [0.29, 0.717) is 53.9 Å². The zero-order valence-electron chi connectivity index (χ0n) is 18.3. The van der Waals surface area contributed by atoms with Crippen LogP contribution in [0.2, 0.25) is 0 Å². The van der Waals surface area contributed by atoms with Crippen molar-refractivity contribution in [3.8, 4) is 5.75 Å². The summed E-state index contributed by atoms with van der Waals surface area (Å²) in [6.45, 7) is 1.87. The first kappa shape index (κ1) is 21.6. The van der Waals surface area contributed by atoms with Gasteiger partial charge in [-0.2, -0.15) is 8.42 Å². The molecule has 0 spiro atoms. The van der Waals surface area contributed by atoms with Gasteiger partial charge in [-0.15, -0.1) is 0 Å². The summed E-state index contributed by atoms with van der Waals surface area (Å²) in [5, 5.41) is 0. The number of benzene rings is 2. The molecule has 0 unspecified atom stereocenters. The first-order chi connectivity index (χ1) is 15.8. The SMILES string of the molecule is Cc1ccc(S(=O)(=O)Oc2cccc(C3C4=C(CCCC4=O)OC4=C3C(=O)CCC4)c2)cc1. The summed E-state index contributed by atoms with van der Waals surface area (Å²) in [5.74, 6) is 0.812. The van der Waals surface area contributed by atoms with E-state index < -0.39 is 16.0 Å². The molecule has 0 saturated heterocycles. The fourth-order valence-corrected chi connectivity index (χ4v) is 5.70. The highest BCUT2D eigenvalue weighted by Gasteiger charge is 2.41. The highest BCUT2D eigenvalue weighted by Crippen LogP contribution is 2.48. The number of hydrogen-bond donors (Lipinski definition) is 0. The number of aryl methyl sites for hydroxylation is 1. The highest BCUT2D eigenvalue weighted by atomic mass is 32.2. The first-order valence-corrected chi connectivity index (χ1v) is 12.6. The normalized spacial score (nSPS) is 19.2. The number of allylic oxidation sites excluding steroid dienone is 4. The number of ketones is 2. The summed E-state index contributed by atoms with van der Waals surface area (Å²) >= 11 is 0. The maximum absolute atomic E-state index is 12.9. The van der Waals surface area contributed by atoms with Gasteiger partial charge in [0.25, 0.3) is 0 Å². The molecule has 0 N–H and O–H groups in total. The van der Waals surface area contributed by atoms with Crippen molar-refractivity contribution >= 4 is 21.7 Å². The number of Topliss-reactive ketones (excluding diaryl/α,β-unsaturated/α-hetero) is 2. The molecular weight excluding hydrogens is 440 g/mol. The third kappa shape index (κ3) is 4.02. The fourth-order valence-electron chi connectivity index (χ4n) is 4.78. The summed E-state index contributed by atoms with van der Waals surface area (Å²) in [4.78, 5) is 25.9. The van der Waals surface area contributed by atoms with Crippen molar-refractivity contribution in [2.24, 2.45) is 0 Å². The van der Waals surface area contributed by atoms with Gasteiger partial charge in [0.15, 0.2) is 11.6 Å². The predicted octanol–water partition coefficient (Wildman–Crippen LogP) is 4.89. The van der Waals surface area contributed by atoms with Crippen LogP contribution in [-0.2, 0) is 24.4 Å². The van der Waals surface area contributed by atoms with Crippen LogP contribution in [0.3, 0.4) is 0 Å². The quantitative estimate of drug-likeness (QED) is 0.599. The minimum Gasteiger partial charge on any atom is -0.465 e. The Balaban J connectivity index is 1.56. The van der Waals surface area contributed by atoms with E-state index in [-0.39, 0.29) is 22.2 Å². The van der Waals surface area contributed by atoms with Gasteiger partial charge in [-0.25, -0.2) is 0 Å². The molecule has 0 amide bonds. The Bertz CT molecular complexity index is 1270. The Labute approximate surface area is 193 Å². The molecule has 5 rings (SSSR count). The number of carbonyl (C=O) groups is 2. The molecule has 2 aromatic rings. The molecule has 7 heteroatoms. The number of rotatable bonds is 4. The van der Waals surface area contributed by atoms with Crippen molar-refractivity contribution in [2.75, 3.05) is 0 Å². The van der Waals surface area contributed by atoms with Crippen molar-refractivity contribution in [3.05, 3.63) is 82.3 Å². The van der Waals surface area contributed by atoms with Crippen molar-refractivity contribution < 1.29 is 26.9 Å². The van der Waals surface area contributed by atoms with Crippen LogP contribution < -0.4 is 4.18 Å². The molecule has 2 aliphatic carbocycles. The van der Waals surface area contributed by atoms with Gasteiger partial charge in [-0.3, -0.25) is 9.59 Å². The number of carbonyl (C=O) groups excluding carboxylic acids is 2. The van der Waals surface area contributed by atoms with E-state index in [1.54, 1.807) is 36.4 Å². The van der Waals surface area contributed by atoms with Gasteiger partial charge in [0.05, 0.1) is 0 Å². The first-order valence-electron chi connectivity index (χ1n) is 11.1. The van der Waals surface area contributed by atoms with E-state index in [4.69, 9.17) is 8.92 Å². The highest BCUT2D eigenvalue weighted by molar-refractivity contribution is 7.87. The summed E-state index contributed by atoms with van der Waals surface area (Å²) < 4.78 is 37.1. The molecule has 2 aromatic carbocycles. The second-order valence-corrected chi connectivity index (χ2v) is 10.2. The lowest BCUT2D eigenvalue weighted by Crippen LogP contribution is -2.30.